The zero-order chi connectivity index (χ0) is 13.1. The summed E-state index contributed by atoms with van der Waals surface area (Å²) >= 11 is 0. The zero-order valence-corrected chi connectivity index (χ0v) is 11.3. The third-order valence-corrected chi connectivity index (χ3v) is 3.25. The van der Waals surface area contributed by atoms with Crippen molar-refractivity contribution in [3.05, 3.63) is 53.6 Å². The molecule has 0 spiro atoms. The molecule has 0 saturated heterocycles. The third kappa shape index (κ3) is 2.33. The second-order valence-electron chi connectivity index (χ2n) is 4.59. The summed E-state index contributed by atoms with van der Waals surface area (Å²) in [5, 5.41) is 0. The maximum atomic E-state index is 6.18. The normalized spacial score (nSPS) is 10.4. The monoisotopic (exact) mass is 240 g/mol. The highest BCUT2D eigenvalue weighted by atomic mass is 15.1. The average Bonchev–Trinajstić information content (AvgIpc) is 2.37. The van der Waals surface area contributed by atoms with Crippen LogP contribution in [0.2, 0.25) is 0 Å². The highest BCUT2D eigenvalue weighted by Crippen LogP contribution is 2.32. The van der Waals surface area contributed by atoms with Gasteiger partial charge in [-0.2, -0.15) is 0 Å². The van der Waals surface area contributed by atoms with Crippen LogP contribution >= 0.6 is 0 Å². The summed E-state index contributed by atoms with van der Waals surface area (Å²) in [5.41, 5.74) is 11.7. The number of nitrogens with zero attached hydrogens (tertiary/aromatic N) is 1. The van der Waals surface area contributed by atoms with Crippen LogP contribution in [-0.2, 0) is 0 Å². The maximum Gasteiger partial charge on any atom is 0.0647 e. The Morgan fingerprint density at radius 1 is 1.00 bits per heavy atom. The predicted molar refractivity (Wildman–Crippen MR) is 79.5 cm³/mol. The first-order valence-electron chi connectivity index (χ1n) is 6.32. The SMILES string of the molecule is CCN(c1ccc(C)cc1)c1cccc(C)c1N. The van der Waals surface area contributed by atoms with Crippen LogP contribution in [0.3, 0.4) is 0 Å². The van der Waals surface area contributed by atoms with Gasteiger partial charge < -0.3 is 10.6 Å². The summed E-state index contributed by atoms with van der Waals surface area (Å²) in [4.78, 5) is 2.24. The number of aryl methyl sites for hydroxylation is 2. The fraction of sp³-hybridized carbons (Fsp3) is 0.250. The summed E-state index contributed by atoms with van der Waals surface area (Å²) in [7, 11) is 0. The first kappa shape index (κ1) is 12.5. The quantitative estimate of drug-likeness (QED) is 0.820. The average molecular weight is 240 g/mol. The van der Waals surface area contributed by atoms with E-state index in [4.69, 9.17) is 5.73 Å². The molecule has 0 amide bonds. The largest absolute Gasteiger partial charge is 0.397 e. The van der Waals surface area contributed by atoms with Crippen molar-refractivity contribution >= 4 is 17.1 Å². The molecule has 2 N–H and O–H groups in total. The van der Waals surface area contributed by atoms with E-state index in [2.05, 4.69) is 55.1 Å². The second-order valence-corrected chi connectivity index (χ2v) is 4.59. The lowest BCUT2D eigenvalue weighted by Crippen LogP contribution is -2.17. The molecule has 2 heteroatoms. The molecule has 0 aliphatic rings. The number of rotatable bonds is 3. The van der Waals surface area contributed by atoms with Gasteiger partial charge in [-0.25, -0.2) is 0 Å². The minimum absolute atomic E-state index is 0.861. The van der Waals surface area contributed by atoms with Crippen molar-refractivity contribution in [1.82, 2.24) is 0 Å². The fourth-order valence-electron chi connectivity index (χ4n) is 2.12. The first-order chi connectivity index (χ1) is 8.63. The van der Waals surface area contributed by atoms with Gasteiger partial charge in [-0.15, -0.1) is 0 Å². The van der Waals surface area contributed by atoms with E-state index in [1.807, 2.05) is 13.0 Å². The molecule has 0 radical (unpaired) electrons. The van der Waals surface area contributed by atoms with Crippen molar-refractivity contribution in [3.63, 3.8) is 0 Å². The van der Waals surface area contributed by atoms with Gasteiger partial charge in [0.05, 0.1) is 11.4 Å². The van der Waals surface area contributed by atoms with E-state index in [1.165, 1.54) is 11.3 Å². The number of para-hydroxylation sites is 1. The molecule has 0 aliphatic heterocycles. The fourth-order valence-corrected chi connectivity index (χ4v) is 2.12. The molecular formula is C16H20N2. The zero-order valence-electron chi connectivity index (χ0n) is 11.3. The van der Waals surface area contributed by atoms with Crippen LogP contribution in [0.1, 0.15) is 18.1 Å². The van der Waals surface area contributed by atoms with E-state index in [1.54, 1.807) is 0 Å². The highest BCUT2D eigenvalue weighted by Gasteiger charge is 2.11. The molecule has 0 saturated carbocycles. The van der Waals surface area contributed by atoms with Gasteiger partial charge >= 0.3 is 0 Å². The summed E-state index contributed by atoms with van der Waals surface area (Å²) in [6.07, 6.45) is 0. The van der Waals surface area contributed by atoms with Gasteiger partial charge in [0, 0.05) is 12.2 Å². The number of benzene rings is 2. The highest BCUT2D eigenvalue weighted by molar-refractivity contribution is 5.77. The van der Waals surface area contributed by atoms with Crippen molar-refractivity contribution in [3.8, 4) is 0 Å². The molecular weight excluding hydrogens is 220 g/mol. The Morgan fingerprint density at radius 2 is 1.67 bits per heavy atom. The van der Waals surface area contributed by atoms with E-state index in [-0.39, 0.29) is 0 Å². The topological polar surface area (TPSA) is 29.3 Å². The van der Waals surface area contributed by atoms with Gasteiger partial charge in [-0.1, -0.05) is 29.8 Å². The Balaban J connectivity index is 2.45. The molecule has 2 aromatic rings. The van der Waals surface area contributed by atoms with Gasteiger partial charge in [0.15, 0.2) is 0 Å². The van der Waals surface area contributed by atoms with Gasteiger partial charge in [-0.3, -0.25) is 0 Å². The molecule has 18 heavy (non-hydrogen) atoms. The van der Waals surface area contributed by atoms with Crippen LogP contribution in [-0.4, -0.2) is 6.54 Å². The molecule has 0 heterocycles. The number of nitrogens with two attached hydrogens (primary N) is 1. The van der Waals surface area contributed by atoms with Crippen LogP contribution in [0.15, 0.2) is 42.5 Å². The third-order valence-electron chi connectivity index (χ3n) is 3.25. The molecule has 2 aromatic carbocycles. The van der Waals surface area contributed by atoms with Gasteiger partial charge in [-0.05, 0) is 44.5 Å². The first-order valence-corrected chi connectivity index (χ1v) is 6.32. The van der Waals surface area contributed by atoms with Crippen LogP contribution in [0, 0.1) is 13.8 Å². The van der Waals surface area contributed by atoms with Crippen LogP contribution < -0.4 is 10.6 Å². The van der Waals surface area contributed by atoms with Crippen molar-refractivity contribution < 1.29 is 0 Å². The lowest BCUT2D eigenvalue weighted by Gasteiger charge is -2.25. The predicted octanol–water partition coefficient (Wildman–Crippen LogP) is 4.04. The Labute approximate surface area is 109 Å². The summed E-state index contributed by atoms with van der Waals surface area (Å²) in [6, 6.07) is 14.7. The minimum atomic E-state index is 0.861. The summed E-state index contributed by atoms with van der Waals surface area (Å²) in [5.74, 6) is 0. The number of hydrogen-bond acceptors (Lipinski definition) is 2. The number of anilines is 3. The van der Waals surface area contributed by atoms with E-state index < -0.39 is 0 Å². The summed E-state index contributed by atoms with van der Waals surface area (Å²) in [6.45, 7) is 7.18. The molecule has 0 fully saturated rings. The Hall–Kier alpha value is -1.96. The van der Waals surface area contributed by atoms with E-state index in [0.29, 0.717) is 0 Å². The molecule has 0 aromatic heterocycles. The molecule has 94 valence electrons. The number of nitrogen functional groups attached to an aromatic ring is 1. The Bertz CT molecular complexity index is 529. The van der Waals surface area contributed by atoms with E-state index in [0.717, 1.165) is 23.5 Å². The van der Waals surface area contributed by atoms with Gasteiger partial charge in [0.25, 0.3) is 0 Å². The molecule has 2 rings (SSSR count). The standard InChI is InChI=1S/C16H20N2/c1-4-18(14-10-8-12(2)9-11-14)15-7-5-6-13(3)16(15)17/h5-11H,4,17H2,1-3H3. The molecule has 0 bridgehead atoms. The second kappa shape index (κ2) is 5.13. The molecule has 0 atom stereocenters. The summed E-state index contributed by atoms with van der Waals surface area (Å²) < 4.78 is 0. The van der Waals surface area contributed by atoms with Crippen LogP contribution in [0.4, 0.5) is 17.1 Å². The van der Waals surface area contributed by atoms with Crippen molar-refractivity contribution in [1.29, 1.82) is 0 Å². The van der Waals surface area contributed by atoms with E-state index >= 15 is 0 Å². The Kier molecular flexibility index (Phi) is 3.56. The number of hydrogen-bond donors (Lipinski definition) is 1. The van der Waals surface area contributed by atoms with Gasteiger partial charge in [0.2, 0.25) is 0 Å². The molecule has 2 nitrogen and oxygen atoms in total. The lowest BCUT2D eigenvalue weighted by molar-refractivity contribution is 1.02. The smallest absolute Gasteiger partial charge is 0.0647 e. The van der Waals surface area contributed by atoms with Crippen molar-refractivity contribution in [2.75, 3.05) is 17.2 Å². The maximum absolute atomic E-state index is 6.18. The Morgan fingerprint density at radius 3 is 2.28 bits per heavy atom. The minimum Gasteiger partial charge on any atom is -0.397 e. The molecule has 0 aliphatic carbocycles. The van der Waals surface area contributed by atoms with Crippen molar-refractivity contribution in [2.45, 2.75) is 20.8 Å². The van der Waals surface area contributed by atoms with Crippen LogP contribution in [0.5, 0.6) is 0 Å². The lowest BCUT2D eigenvalue weighted by atomic mass is 10.1. The van der Waals surface area contributed by atoms with Gasteiger partial charge in [0.1, 0.15) is 0 Å². The van der Waals surface area contributed by atoms with Crippen molar-refractivity contribution in [2.24, 2.45) is 0 Å². The molecule has 0 unspecified atom stereocenters. The van der Waals surface area contributed by atoms with Crippen LogP contribution in [0.25, 0.3) is 0 Å². The van der Waals surface area contributed by atoms with E-state index in [9.17, 15) is 0 Å².